The van der Waals surface area contributed by atoms with Gasteiger partial charge < -0.3 is 15.4 Å². The van der Waals surface area contributed by atoms with Gasteiger partial charge in [-0.25, -0.2) is 0 Å². The number of nitrogens with one attached hydrogen (secondary N) is 3. The van der Waals surface area contributed by atoms with Crippen LogP contribution in [0.3, 0.4) is 0 Å². The number of aromatic amines is 1. The van der Waals surface area contributed by atoms with Gasteiger partial charge in [0, 0.05) is 12.1 Å². The van der Waals surface area contributed by atoms with Crippen LogP contribution in [-0.4, -0.2) is 39.7 Å². The minimum absolute atomic E-state index is 0.254. The molecule has 1 aromatic heterocycles. The standard InChI is InChI=1S/C19H23N5O3S/c1-12(21-17(25)10-5-13-3-8-15(27-2)9-4-13)18(26)20-11-16-22-23-19(28)24(16)14-6-7-14/h3-5,8-10,12,14H,6-7,11H2,1-2H3,(H,20,26)(H,21,25)(H,23,28)/b10-5+. The average Bonchev–Trinajstić information content (AvgIpc) is 3.47. The van der Waals surface area contributed by atoms with Gasteiger partial charge in [0.05, 0.1) is 13.7 Å². The van der Waals surface area contributed by atoms with Crippen LogP contribution in [0.5, 0.6) is 5.75 Å². The second-order valence-corrected chi connectivity index (χ2v) is 6.99. The maximum Gasteiger partial charge on any atom is 0.244 e. The van der Waals surface area contributed by atoms with Crippen molar-refractivity contribution in [3.63, 3.8) is 0 Å². The third-order valence-corrected chi connectivity index (χ3v) is 4.69. The molecule has 8 nitrogen and oxygen atoms in total. The summed E-state index contributed by atoms with van der Waals surface area (Å²) in [5.74, 6) is 0.801. The molecule has 1 aromatic carbocycles. The fourth-order valence-corrected chi connectivity index (χ4v) is 3.00. The zero-order valence-corrected chi connectivity index (χ0v) is 16.6. The molecular formula is C19H23N5O3S. The van der Waals surface area contributed by atoms with E-state index >= 15 is 0 Å². The predicted octanol–water partition coefficient (Wildman–Crippen LogP) is 2.12. The molecule has 1 aliphatic rings. The number of rotatable bonds is 8. The van der Waals surface area contributed by atoms with Crippen molar-refractivity contribution in [1.82, 2.24) is 25.4 Å². The summed E-state index contributed by atoms with van der Waals surface area (Å²) >= 11 is 5.22. The van der Waals surface area contributed by atoms with Crippen molar-refractivity contribution in [1.29, 1.82) is 0 Å². The summed E-state index contributed by atoms with van der Waals surface area (Å²) in [6, 6.07) is 6.99. The Hall–Kier alpha value is -2.94. The van der Waals surface area contributed by atoms with Gasteiger partial charge in [-0.05, 0) is 55.8 Å². The zero-order chi connectivity index (χ0) is 20.1. The normalized spacial score (nSPS) is 14.6. The largest absolute Gasteiger partial charge is 0.497 e. The van der Waals surface area contributed by atoms with Gasteiger partial charge in [0.1, 0.15) is 11.8 Å². The zero-order valence-electron chi connectivity index (χ0n) is 15.8. The molecule has 3 rings (SSSR count). The topological polar surface area (TPSA) is 101 Å². The summed E-state index contributed by atoms with van der Waals surface area (Å²) in [5, 5.41) is 12.4. The Morgan fingerprint density at radius 1 is 1.39 bits per heavy atom. The lowest BCUT2D eigenvalue weighted by Gasteiger charge is -2.13. The second kappa shape index (κ2) is 8.83. The number of amides is 2. The summed E-state index contributed by atoms with van der Waals surface area (Å²) < 4.78 is 7.60. The van der Waals surface area contributed by atoms with Crippen molar-refractivity contribution >= 4 is 30.1 Å². The Labute approximate surface area is 168 Å². The summed E-state index contributed by atoms with van der Waals surface area (Å²) in [5.41, 5.74) is 0.857. The Morgan fingerprint density at radius 2 is 2.11 bits per heavy atom. The van der Waals surface area contributed by atoms with E-state index in [1.807, 2.05) is 28.8 Å². The highest BCUT2D eigenvalue weighted by Crippen LogP contribution is 2.35. The molecule has 1 heterocycles. The van der Waals surface area contributed by atoms with E-state index in [-0.39, 0.29) is 18.4 Å². The number of carbonyl (C=O) groups excluding carboxylic acids is 2. The van der Waals surface area contributed by atoms with Crippen LogP contribution < -0.4 is 15.4 Å². The highest BCUT2D eigenvalue weighted by atomic mass is 32.1. The van der Waals surface area contributed by atoms with E-state index in [1.54, 1.807) is 20.1 Å². The lowest BCUT2D eigenvalue weighted by Crippen LogP contribution is -2.44. The molecule has 1 unspecified atom stereocenters. The smallest absolute Gasteiger partial charge is 0.244 e. The molecule has 0 radical (unpaired) electrons. The number of methoxy groups -OCH3 is 1. The van der Waals surface area contributed by atoms with E-state index in [9.17, 15) is 9.59 Å². The van der Waals surface area contributed by atoms with Crippen LogP contribution in [-0.2, 0) is 16.1 Å². The molecule has 9 heteroatoms. The summed E-state index contributed by atoms with van der Waals surface area (Å²) in [7, 11) is 1.60. The van der Waals surface area contributed by atoms with Gasteiger partial charge in [-0.1, -0.05) is 12.1 Å². The molecule has 0 aliphatic heterocycles. The fraction of sp³-hybridized carbons (Fsp3) is 0.368. The van der Waals surface area contributed by atoms with Gasteiger partial charge in [-0.3, -0.25) is 19.3 Å². The Kier molecular flexibility index (Phi) is 6.25. The summed E-state index contributed by atoms with van der Waals surface area (Å²) in [6.45, 7) is 1.89. The maximum absolute atomic E-state index is 12.3. The van der Waals surface area contributed by atoms with E-state index < -0.39 is 6.04 Å². The average molecular weight is 401 g/mol. The van der Waals surface area contributed by atoms with Crippen molar-refractivity contribution in [2.75, 3.05) is 7.11 Å². The molecule has 0 bridgehead atoms. The van der Waals surface area contributed by atoms with Crippen molar-refractivity contribution in [3.05, 3.63) is 46.5 Å². The third-order valence-electron chi connectivity index (χ3n) is 4.41. The van der Waals surface area contributed by atoms with Crippen molar-refractivity contribution in [2.45, 2.75) is 38.4 Å². The lowest BCUT2D eigenvalue weighted by molar-refractivity contribution is -0.126. The van der Waals surface area contributed by atoms with Crippen LogP contribution in [0.25, 0.3) is 6.08 Å². The summed E-state index contributed by atoms with van der Waals surface area (Å²) in [6.07, 6.45) is 5.21. The highest BCUT2D eigenvalue weighted by Gasteiger charge is 2.27. The highest BCUT2D eigenvalue weighted by molar-refractivity contribution is 7.71. The van der Waals surface area contributed by atoms with Crippen LogP contribution in [0.4, 0.5) is 0 Å². The molecule has 1 aliphatic carbocycles. The molecule has 148 valence electrons. The third kappa shape index (κ3) is 5.07. The molecular weight excluding hydrogens is 378 g/mol. The molecule has 2 amide bonds. The van der Waals surface area contributed by atoms with Gasteiger partial charge >= 0.3 is 0 Å². The molecule has 3 N–H and O–H groups in total. The van der Waals surface area contributed by atoms with E-state index in [2.05, 4.69) is 20.8 Å². The van der Waals surface area contributed by atoms with Crippen LogP contribution in [0, 0.1) is 4.77 Å². The number of benzene rings is 1. The quantitative estimate of drug-likeness (QED) is 0.465. The first-order valence-electron chi connectivity index (χ1n) is 9.04. The maximum atomic E-state index is 12.3. The van der Waals surface area contributed by atoms with Crippen LogP contribution in [0.1, 0.15) is 37.2 Å². The summed E-state index contributed by atoms with van der Waals surface area (Å²) in [4.78, 5) is 24.3. The molecule has 1 atom stereocenters. The van der Waals surface area contributed by atoms with Crippen molar-refractivity contribution in [3.8, 4) is 5.75 Å². The minimum atomic E-state index is -0.677. The van der Waals surface area contributed by atoms with Crippen molar-refractivity contribution < 1.29 is 14.3 Å². The number of aromatic nitrogens is 3. The number of carbonyl (C=O) groups is 2. The number of hydrogen-bond acceptors (Lipinski definition) is 5. The van der Waals surface area contributed by atoms with E-state index in [4.69, 9.17) is 17.0 Å². The fourth-order valence-electron chi connectivity index (χ4n) is 2.70. The molecule has 1 saturated carbocycles. The Morgan fingerprint density at radius 3 is 2.75 bits per heavy atom. The number of H-pyrrole nitrogens is 1. The second-order valence-electron chi connectivity index (χ2n) is 6.60. The molecule has 28 heavy (non-hydrogen) atoms. The monoisotopic (exact) mass is 401 g/mol. The van der Waals surface area contributed by atoms with Crippen LogP contribution in [0.15, 0.2) is 30.3 Å². The first-order valence-corrected chi connectivity index (χ1v) is 9.45. The first-order chi connectivity index (χ1) is 13.5. The number of nitrogens with zero attached hydrogens (tertiary/aromatic N) is 2. The van der Waals surface area contributed by atoms with Gasteiger partial charge in [0.25, 0.3) is 0 Å². The van der Waals surface area contributed by atoms with Gasteiger partial charge in [0.2, 0.25) is 11.8 Å². The lowest BCUT2D eigenvalue weighted by atomic mass is 10.2. The van der Waals surface area contributed by atoms with Gasteiger partial charge in [0.15, 0.2) is 10.6 Å². The number of hydrogen-bond donors (Lipinski definition) is 3. The van der Waals surface area contributed by atoms with Gasteiger partial charge in [-0.2, -0.15) is 5.10 Å². The van der Waals surface area contributed by atoms with E-state index in [1.165, 1.54) is 6.08 Å². The molecule has 0 saturated heterocycles. The number of ether oxygens (including phenoxy) is 1. The minimum Gasteiger partial charge on any atom is -0.497 e. The van der Waals surface area contributed by atoms with Gasteiger partial charge in [-0.15, -0.1) is 0 Å². The van der Waals surface area contributed by atoms with Crippen LogP contribution in [0.2, 0.25) is 0 Å². The van der Waals surface area contributed by atoms with E-state index in [0.29, 0.717) is 16.6 Å². The van der Waals surface area contributed by atoms with Crippen molar-refractivity contribution in [2.24, 2.45) is 0 Å². The van der Waals surface area contributed by atoms with E-state index in [0.717, 1.165) is 24.2 Å². The predicted molar refractivity (Wildman–Crippen MR) is 107 cm³/mol. The molecule has 0 spiro atoms. The molecule has 1 fully saturated rings. The molecule has 2 aromatic rings. The Bertz CT molecular complexity index is 928. The van der Waals surface area contributed by atoms with Crippen LogP contribution >= 0.6 is 12.2 Å². The first kappa shape index (κ1) is 19.8. The Balaban J connectivity index is 1.48. The SMILES string of the molecule is COc1ccc(/C=C/C(=O)NC(C)C(=O)NCc2n[nH]c(=S)n2C2CC2)cc1.